The third kappa shape index (κ3) is 2.37. The quantitative estimate of drug-likeness (QED) is 0.813. The first-order valence-electron chi connectivity index (χ1n) is 5.56. The number of piperidine rings is 1. The van der Waals surface area contributed by atoms with Gasteiger partial charge in [0, 0.05) is 45.4 Å². The monoisotopic (exact) mass is 206 g/mol. The molecule has 1 aromatic rings. The largest absolute Gasteiger partial charge is 0.360 e. The molecule has 0 amide bonds. The van der Waals surface area contributed by atoms with Gasteiger partial charge in [0.1, 0.15) is 5.82 Å². The lowest BCUT2D eigenvalue weighted by Crippen LogP contribution is -2.36. The molecule has 1 aliphatic rings. The summed E-state index contributed by atoms with van der Waals surface area (Å²) in [6.07, 6.45) is 8.08. The first-order chi connectivity index (χ1) is 7.27. The van der Waals surface area contributed by atoms with Crippen molar-refractivity contribution in [1.29, 1.82) is 5.41 Å². The molecule has 0 atom stereocenters. The highest BCUT2D eigenvalue weighted by atomic mass is 15.2. The zero-order valence-electron chi connectivity index (χ0n) is 9.24. The molecule has 0 unspecified atom stereocenters. The molecular weight excluding hydrogens is 188 g/mol. The number of aromatic nitrogens is 2. The van der Waals surface area contributed by atoms with Crippen molar-refractivity contribution in [2.45, 2.75) is 25.7 Å². The molecule has 2 rings (SSSR count). The van der Waals surface area contributed by atoms with E-state index < -0.39 is 0 Å². The highest BCUT2D eigenvalue weighted by Crippen LogP contribution is 2.11. The SMILES string of the molecule is Cn1ccnc1CCN1CCCCC1=N. The van der Waals surface area contributed by atoms with Crippen LogP contribution in [0.2, 0.25) is 0 Å². The molecule has 1 aliphatic heterocycles. The van der Waals surface area contributed by atoms with E-state index >= 15 is 0 Å². The van der Waals surface area contributed by atoms with Crippen molar-refractivity contribution in [3.63, 3.8) is 0 Å². The number of rotatable bonds is 3. The van der Waals surface area contributed by atoms with Gasteiger partial charge in [-0.3, -0.25) is 5.41 Å². The van der Waals surface area contributed by atoms with E-state index in [1.54, 1.807) is 0 Å². The van der Waals surface area contributed by atoms with E-state index in [0.717, 1.165) is 37.6 Å². The molecule has 2 heterocycles. The van der Waals surface area contributed by atoms with E-state index in [9.17, 15) is 0 Å². The predicted molar refractivity (Wildman–Crippen MR) is 60.1 cm³/mol. The molecule has 0 aliphatic carbocycles. The van der Waals surface area contributed by atoms with Crippen molar-refractivity contribution in [3.05, 3.63) is 18.2 Å². The Morgan fingerprint density at radius 3 is 3.00 bits per heavy atom. The molecule has 1 fully saturated rings. The third-order valence-corrected chi connectivity index (χ3v) is 3.00. The molecular formula is C11H18N4. The number of nitrogens with zero attached hydrogens (tertiary/aromatic N) is 3. The summed E-state index contributed by atoms with van der Waals surface area (Å²) in [5.41, 5.74) is 0. The lowest BCUT2D eigenvalue weighted by atomic mass is 10.1. The fourth-order valence-corrected chi connectivity index (χ4v) is 2.01. The van der Waals surface area contributed by atoms with Crippen molar-refractivity contribution in [1.82, 2.24) is 14.5 Å². The van der Waals surface area contributed by atoms with Crippen LogP contribution in [0.25, 0.3) is 0 Å². The van der Waals surface area contributed by atoms with Crippen LogP contribution in [0.5, 0.6) is 0 Å². The second-order valence-electron chi connectivity index (χ2n) is 4.10. The Balaban J connectivity index is 1.87. The van der Waals surface area contributed by atoms with Gasteiger partial charge in [0.05, 0.1) is 5.84 Å². The molecule has 0 saturated carbocycles. The maximum absolute atomic E-state index is 7.83. The van der Waals surface area contributed by atoms with Gasteiger partial charge in [0.2, 0.25) is 0 Å². The van der Waals surface area contributed by atoms with Crippen LogP contribution in [0.15, 0.2) is 12.4 Å². The molecule has 1 aromatic heterocycles. The number of aryl methyl sites for hydroxylation is 1. The number of likely N-dealkylation sites (tertiary alicyclic amines) is 1. The molecule has 1 saturated heterocycles. The van der Waals surface area contributed by atoms with Gasteiger partial charge in [-0.15, -0.1) is 0 Å². The number of amidine groups is 1. The van der Waals surface area contributed by atoms with Crippen molar-refractivity contribution < 1.29 is 0 Å². The summed E-state index contributed by atoms with van der Waals surface area (Å²) in [4.78, 5) is 6.47. The fraction of sp³-hybridized carbons (Fsp3) is 0.636. The van der Waals surface area contributed by atoms with E-state index in [0.29, 0.717) is 0 Å². The number of hydrogen-bond acceptors (Lipinski definition) is 2. The summed E-state index contributed by atoms with van der Waals surface area (Å²) in [7, 11) is 2.02. The highest BCUT2D eigenvalue weighted by Gasteiger charge is 2.14. The molecule has 0 spiro atoms. The second kappa shape index (κ2) is 4.47. The minimum atomic E-state index is 0.801. The summed E-state index contributed by atoms with van der Waals surface area (Å²) in [5.74, 6) is 1.91. The first kappa shape index (κ1) is 10.2. The van der Waals surface area contributed by atoms with Crippen LogP contribution in [-0.4, -0.2) is 33.4 Å². The Kier molecular flexibility index (Phi) is 3.04. The number of nitrogens with one attached hydrogen (secondary N) is 1. The van der Waals surface area contributed by atoms with E-state index in [1.807, 2.05) is 24.0 Å². The summed E-state index contributed by atoms with van der Waals surface area (Å²) < 4.78 is 2.05. The van der Waals surface area contributed by atoms with Gasteiger partial charge in [-0.25, -0.2) is 4.98 Å². The van der Waals surface area contributed by atoms with Gasteiger partial charge < -0.3 is 9.47 Å². The molecule has 15 heavy (non-hydrogen) atoms. The van der Waals surface area contributed by atoms with E-state index in [1.165, 1.54) is 12.8 Å². The van der Waals surface area contributed by atoms with E-state index in [2.05, 4.69) is 9.88 Å². The molecule has 0 bridgehead atoms. The van der Waals surface area contributed by atoms with Crippen molar-refractivity contribution in [2.24, 2.45) is 7.05 Å². The Labute approximate surface area is 90.4 Å². The lowest BCUT2D eigenvalue weighted by Gasteiger charge is -2.29. The maximum Gasteiger partial charge on any atom is 0.110 e. The highest BCUT2D eigenvalue weighted by molar-refractivity contribution is 5.79. The molecule has 4 nitrogen and oxygen atoms in total. The van der Waals surface area contributed by atoms with Gasteiger partial charge >= 0.3 is 0 Å². The molecule has 4 heteroatoms. The van der Waals surface area contributed by atoms with Crippen LogP contribution >= 0.6 is 0 Å². The topological polar surface area (TPSA) is 44.9 Å². The average molecular weight is 206 g/mol. The minimum Gasteiger partial charge on any atom is -0.360 e. The van der Waals surface area contributed by atoms with Crippen LogP contribution in [0.3, 0.4) is 0 Å². The average Bonchev–Trinajstić information content (AvgIpc) is 2.63. The van der Waals surface area contributed by atoms with E-state index in [4.69, 9.17) is 5.41 Å². The van der Waals surface area contributed by atoms with Crippen LogP contribution in [0.1, 0.15) is 25.1 Å². The fourth-order valence-electron chi connectivity index (χ4n) is 2.01. The molecule has 0 radical (unpaired) electrons. The molecule has 0 aromatic carbocycles. The van der Waals surface area contributed by atoms with Gasteiger partial charge in [0.15, 0.2) is 0 Å². The van der Waals surface area contributed by atoms with Gasteiger partial charge in [-0.1, -0.05) is 0 Å². The Hall–Kier alpha value is -1.32. The van der Waals surface area contributed by atoms with Crippen LogP contribution in [0, 0.1) is 5.41 Å². The lowest BCUT2D eigenvalue weighted by molar-refractivity contribution is 0.367. The van der Waals surface area contributed by atoms with Gasteiger partial charge in [-0.05, 0) is 12.8 Å². The van der Waals surface area contributed by atoms with E-state index in [-0.39, 0.29) is 0 Å². The maximum atomic E-state index is 7.83. The van der Waals surface area contributed by atoms with Crippen molar-refractivity contribution in [3.8, 4) is 0 Å². The Bertz CT molecular complexity index is 342. The Morgan fingerprint density at radius 1 is 1.47 bits per heavy atom. The van der Waals surface area contributed by atoms with Crippen molar-refractivity contribution >= 4 is 5.84 Å². The Morgan fingerprint density at radius 2 is 2.33 bits per heavy atom. The minimum absolute atomic E-state index is 0.801. The van der Waals surface area contributed by atoms with Crippen LogP contribution in [0.4, 0.5) is 0 Å². The van der Waals surface area contributed by atoms with Crippen molar-refractivity contribution in [2.75, 3.05) is 13.1 Å². The summed E-state index contributed by atoms with van der Waals surface area (Å²) >= 11 is 0. The smallest absolute Gasteiger partial charge is 0.110 e. The van der Waals surface area contributed by atoms with Gasteiger partial charge in [-0.2, -0.15) is 0 Å². The standard InChI is InChI=1S/C11H18N4/c1-14-9-6-13-11(14)5-8-15-7-3-2-4-10(15)12/h6,9,12H,2-5,7-8H2,1H3. The van der Waals surface area contributed by atoms with Gasteiger partial charge in [0.25, 0.3) is 0 Å². The van der Waals surface area contributed by atoms with Crippen LogP contribution in [-0.2, 0) is 13.5 Å². The zero-order chi connectivity index (χ0) is 10.7. The predicted octanol–water partition coefficient (Wildman–Crippen LogP) is 1.43. The second-order valence-corrected chi connectivity index (χ2v) is 4.10. The third-order valence-electron chi connectivity index (χ3n) is 3.00. The zero-order valence-corrected chi connectivity index (χ0v) is 9.24. The first-order valence-corrected chi connectivity index (χ1v) is 5.56. The number of imidazole rings is 1. The normalized spacial score (nSPS) is 17.1. The molecule has 82 valence electrons. The number of hydrogen-bond donors (Lipinski definition) is 1. The summed E-state index contributed by atoms with van der Waals surface area (Å²) in [6, 6.07) is 0. The summed E-state index contributed by atoms with van der Waals surface area (Å²) in [6.45, 7) is 1.98. The molecule has 1 N–H and O–H groups in total. The van der Waals surface area contributed by atoms with Crippen LogP contribution < -0.4 is 0 Å². The summed E-state index contributed by atoms with van der Waals surface area (Å²) in [5, 5.41) is 7.83.